The van der Waals surface area contributed by atoms with Gasteiger partial charge in [-0.25, -0.2) is 4.98 Å². The van der Waals surface area contributed by atoms with E-state index in [0.717, 1.165) is 30.1 Å². The third-order valence-corrected chi connectivity index (χ3v) is 11.6. The van der Waals surface area contributed by atoms with Gasteiger partial charge in [0.25, 0.3) is 0 Å². The van der Waals surface area contributed by atoms with Gasteiger partial charge in [-0.3, -0.25) is 0 Å². The lowest BCUT2D eigenvalue weighted by molar-refractivity contribution is 0.238. The summed E-state index contributed by atoms with van der Waals surface area (Å²) in [4.78, 5) is 7.90. The molecule has 6 heteroatoms. The summed E-state index contributed by atoms with van der Waals surface area (Å²) in [6.07, 6.45) is 0. The first kappa shape index (κ1) is 24.6. The Labute approximate surface area is 188 Å². The molecule has 1 atom stereocenters. The highest BCUT2D eigenvalue weighted by Gasteiger charge is 2.37. The Bertz CT molecular complexity index is 893. The highest BCUT2D eigenvalue weighted by molar-refractivity contribution is 7.13. The molecule has 0 bridgehead atoms. The zero-order valence-corrected chi connectivity index (χ0v) is 21.9. The molecule has 0 saturated carbocycles. The lowest BCUT2D eigenvalue weighted by atomic mass is 10.0. The molecular formula is C24H37N3OSSi. The van der Waals surface area contributed by atoms with Crippen LogP contribution in [0.15, 0.2) is 23.7 Å². The minimum Gasteiger partial charge on any atom is -0.416 e. The fourth-order valence-electron chi connectivity index (χ4n) is 3.13. The number of benzene rings is 1. The van der Waals surface area contributed by atoms with Crippen molar-refractivity contribution in [2.24, 2.45) is 5.92 Å². The van der Waals surface area contributed by atoms with E-state index in [2.05, 4.69) is 76.7 Å². The molecule has 2 aromatic rings. The maximum Gasteiger partial charge on any atom is 0.191 e. The Balaban J connectivity index is 2.27. The second-order valence-electron chi connectivity index (χ2n) is 10.0. The van der Waals surface area contributed by atoms with Gasteiger partial charge in [-0.05, 0) is 62.5 Å². The van der Waals surface area contributed by atoms with Crippen molar-refractivity contribution in [1.29, 1.82) is 5.26 Å². The number of aromatic nitrogens is 1. The SMILES string of the molecule is Cc1ncsc1-c1ccc(C#N)c(N(CC(C)CO[Si](C)(C)C(C)(C)C)C(C)C)c1. The van der Waals surface area contributed by atoms with E-state index < -0.39 is 8.32 Å². The van der Waals surface area contributed by atoms with Gasteiger partial charge >= 0.3 is 0 Å². The van der Waals surface area contributed by atoms with Crippen LogP contribution in [0.5, 0.6) is 0 Å². The van der Waals surface area contributed by atoms with Crippen LogP contribution in [0.4, 0.5) is 5.69 Å². The van der Waals surface area contributed by atoms with Crippen LogP contribution in [-0.4, -0.2) is 32.5 Å². The third kappa shape index (κ3) is 5.72. The average molecular weight is 444 g/mol. The normalized spacial score (nSPS) is 13.4. The molecule has 0 aliphatic heterocycles. The fourth-order valence-corrected chi connectivity index (χ4v) is 5.06. The van der Waals surface area contributed by atoms with Crippen molar-refractivity contribution in [2.75, 3.05) is 18.1 Å². The highest BCUT2D eigenvalue weighted by Crippen LogP contribution is 2.37. The predicted molar refractivity (Wildman–Crippen MR) is 132 cm³/mol. The standard InChI is InChI=1S/C24H37N3OSSi/c1-17(2)27(14-18(3)15-28-30(8,9)24(5,6)7)22-12-20(10-11-21(22)13-25)23-19(4)26-16-29-23/h10-12,16-18H,14-15H2,1-9H3. The largest absolute Gasteiger partial charge is 0.416 e. The zero-order chi connectivity index (χ0) is 22.7. The van der Waals surface area contributed by atoms with Crippen molar-refractivity contribution >= 4 is 25.3 Å². The van der Waals surface area contributed by atoms with Crippen LogP contribution in [0.25, 0.3) is 10.4 Å². The van der Waals surface area contributed by atoms with E-state index in [1.165, 1.54) is 4.88 Å². The summed E-state index contributed by atoms with van der Waals surface area (Å²) < 4.78 is 6.47. The summed E-state index contributed by atoms with van der Waals surface area (Å²) >= 11 is 1.64. The molecule has 0 aliphatic rings. The van der Waals surface area contributed by atoms with E-state index in [0.29, 0.717) is 11.5 Å². The van der Waals surface area contributed by atoms with Gasteiger partial charge in [0.05, 0.1) is 27.3 Å². The smallest absolute Gasteiger partial charge is 0.191 e. The van der Waals surface area contributed by atoms with Crippen molar-refractivity contribution in [3.8, 4) is 16.5 Å². The van der Waals surface area contributed by atoms with Gasteiger partial charge in [0.2, 0.25) is 0 Å². The van der Waals surface area contributed by atoms with E-state index in [4.69, 9.17) is 4.43 Å². The van der Waals surface area contributed by atoms with Gasteiger partial charge in [0.1, 0.15) is 6.07 Å². The second-order valence-corrected chi connectivity index (χ2v) is 15.7. The molecule has 4 nitrogen and oxygen atoms in total. The lowest BCUT2D eigenvalue weighted by Crippen LogP contribution is -2.43. The summed E-state index contributed by atoms with van der Waals surface area (Å²) in [7, 11) is -1.77. The minimum absolute atomic E-state index is 0.208. The maximum atomic E-state index is 9.75. The van der Waals surface area contributed by atoms with Crippen molar-refractivity contribution in [3.63, 3.8) is 0 Å². The van der Waals surface area contributed by atoms with Crippen molar-refractivity contribution in [3.05, 3.63) is 35.0 Å². The monoisotopic (exact) mass is 443 g/mol. The Morgan fingerprint density at radius 1 is 1.23 bits per heavy atom. The molecule has 30 heavy (non-hydrogen) atoms. The summed E-state index contributed by atoms with van der Waals surface area (Å²) in [5.41, 5.74) is 5.75. The molecule has 0 spiro atoms. The third-order valence-electron chi connectivity index (χ3n) is 6.10. The van der Waals surface area contributed by atoms with Crippen LogP contribution in [0.3, 0.4) is 0 Å². The van der Waals surface area contributed by atoms with Crippen LogP contribution in [-0.2, 0) is 4.43 Å². The molecule has 0 N–H and O–H groups in total. The van der Waals surface area contributed by atoms with E-state index in [9.17, 15) is 5.26 Å². The maximum absolute atomic E-state index is 9.75. The van der Waals surface area contributed by atoms with E-state index in [-0.39, 0.29) is 11.1 Å². The number of hydrogen-bond donors (Lipinski definition) is 0. The highest BCUT2D eigenvalue weighted by atomic mass is 32.1. The summed E-state index contributed by atoms with van der Waals surface area (Å²) in [6, 6.07) is 8.80. The van der Waals surface area contributed by atoms with Crippen molar-refractivity contribution < 1.29 is 4.43 Å². The molecule has 0 radical (unpaired) electrons. The van der Waals surface area contributed by atoms with Crippen LogP contribution >= 0.6 is 11.3 Å². The van der Waals surface area contributed by atoms with E-state index >= 15 is 0 Å². The van der Waals surface area contributed by atoms with Gasteiger partial charge in [-0.2, -0.15) is 5.26 Å². The molecule has 2 rings (SSSR count). The zero-order valence-electron chi connectivity index (χ0n) is 20.0. The number of rotatable bonds is 8. The fraction of sp³-hybridized carbons (Fsp3) is 0.583. The number of anilines is 1. The Hall–Kier alpha value is -1.68. The minimum atomic E-state index is -1.77. The molecule has 0 aliphatic carbocycles. The number of thiazole rings is 1. The first-order valence-corrected chi connectivity index (χ1v) is 14.5. The predicted octanol–water partition coefficient (Wildman–Crippen LogP) is 6.86. The van der Waals surface area contributed by atoms with Gasteiger partial charge in [0.15, 0.2) is 8.32 Å². The van der Waals surface area contributed by atoms with Crippen LogP contribution in [0.1, 0.15) is 52.8 Å². The Morgan fingerprint density at radius 3 is 2.40 bits per heavy atom. The summed E-state index contributed by atoms with van der Waals surface area (Å²) in [6.45, 7) is 21.7. The van der Waals surface area contributed by atoms with Crippen molar-refractivity contribution in [1.82, 2.24) is 4.98 Å². The lowest BCUT2D eigenvalue weighted by Gasteiger charge is -2.38. The van der Waals surface area contributed by atoms with Gasteiger partial charge in [-0.1, -0.05) is 33.8 Å². The molecule has 164 valence electrons. The van der Waals surface area contributed by atoms with Crippen LogP contribution in [0.2, 0.25) is 18.1 Å². The molecule has 0 amide bonds. The number of nitrogens with zero attached hydrogens (tertiary/aromatic N) is 3. The second kappa shape index (κ2) is 9.63. The topological polar surface area (TPSA) is 49.2 Å². The Morgan fingerprint density at radius 2 is 1.90 bits per heavy atom. The number of nitriles is 1. The van der Waals surface area contributed by atoms with E-state index in [1.54, 1.807) is 11.3 Å². The first-order valence-electron chi connectivity index (χ1n) is 10.7. The number of hydrogen-bond acceptors (Lipinski definition) is 5. The summed E-state index contributed by atoms with van der Waals surface area (Å²) in [5.74, 6) is 0.363. The molecule has 1 unspecified atom stereocenters. The number of aryl methyl sites for hydroxylation is 1. The summed E-state index contributed by atoms with van der Waals surface area (Å²) in [5, 5.41) is 9.96. The molecule has 0 saturated heterocycles. The van der Waals surface area contributed by atoms with Crippen LogP contribution in [0, 0.1) is 24.2 Å². The molecular weight excluding hydrogens is 406 g/mol. The molecule has 1 aromatic carbocycles. The van der Waals surface area contributed by atoms with Gasteiger partial charge in [-0.15, -0.1) is 11.3 Å². The van der Waals surface area contributed by atoms with E-state index in [1.807, 2.05) is 24.6 Å². The molecule has 1 aromatic heterocycles. The van der Waals surface area contributed by atoms with Crippen LogP contribution < -0.4 is 4.90 Å². The average Bonchev–Trinajstić information content (AvgIpc) is 3.08. The van der Waals surface area contributed by atoms with Gasteiger partial charge < -0.3 is 9.33 Å². The first-order chi connectivity index (χ1) is 13.9. The Kier molecular flexibility index (Phi) is 7.89. The van der Waals surface area contributed by atoms with Crippen molar-refractivity contribution in [2.45, 2.75) is 72.6 Å². The molecule has 1 heterocycles. The quantitative estimate of drug-likeness (QED) is 0.418. The molecule has 0 fully saturated rings. The van der Waals surface area contributed by atoms with Gasteiger partial charge in [0, 0.05) is 19.2 Å².